The molecule has 2 heterocycles. The average molecular weight is 455 g/mol. The van der Waals surface area contributed by atoms with Gasteiger partial charge in [0, 0.05) is 24.2 Å². The Labute approximate surface area is 203 Å². The fourth-order valence-corrected chi connectivity index (χ4v) is 5.65. The lowest BCUT2D eigenvalue weighted by atomic mass is 9.74. The number of benzene rings is 3. The molecule has 2 aliphatic heterocycles. The van der Waals surface area contributed by atoms with E-state index in [1.807, 2.05) is 24.3 Å². The standard InChI is InChI=1S/C30H34N2O2/c1-22-5-4-6-25(17-22)20-31-15-13-30(14-16-31)21-32(28-12-7-23(2)18-27(28)30)29(33)19-24-8-10-26(34-3)11-9-24/h4-12,17-18H,13-16,19-21H2,1-3H3. The summed E-state index contributed by atoms with van der Waals surface area (Å²) in [6.07, 6.45) is 2.58. The molecule has 1 fully saturated rings. The van der Waals surface area contributed by atoms with Crippen LogP contribution in [0.15, 0.2) is 66.7 Å². The van der Waals surface area contributed by atoms with E-state index in [1.165, 1.54) is 22.3 Å². The Morgan fingerprint density at radius 1 is 0.912 bits per heavy atom. The van der Waals surface area contributed by atoms with Crippen LogP contribution in [0.3, 0.4) is 0 Å². The zero-order chi connectivity index (χ0) is 23.7. The molecule has 0 N–H and O–H groups in total. The summed E-state index contributed by atoms with van der Waals surface area (Å²) < 4.78 is 5.26. The quantitative estimate of drug-likeness (QED) is 0.515. The highest BCUT2D eigenvalue weighted by molar-refractivity contribution is 5.97. The van der Waals surface area contributed by atoms with Crippen LogP contribution < -0.4 is 9.64 Å². The molecule has 5 rings (SSSR count). The molecule has 0 aromatic heterocycles. The minimum absolute atomic E-state index is 0.0556. The molecule has 3 aromatic rings. The average Bonchev–Trinajstić information content (AvgIpc) is 3.14. The number of amides is 1. The van der Waals surface area contributed by atoms with Crippen molar-refractivity contribution in [3.05, 3.63) is 94.5 Å². The van der Waals surface area contributed by atoms with E-state index in [9.17, 15) is 4.79 Å². The van der Waals surface area contributed by atoms with Crippen molar-refractivity contribution in [3.63, 3.8) is 0 Å². The maximum Gasteiger partial charge on any atom is 0.231 e. The van der Waals surface area contributed by atoms with Crippen molar-refractivity contribution in [2.75, 3.05) is 31.6 Å². The predicted octanol–water partition coefficient (Wildman–Crippen LogP) is 5.44. The van der Waals surface area contributed by atoms with Crippen LogP contribution in [0.25, 0.3) is 0 Å². The predicted molar refractivity (Wildman–Crippen MR) is 138 cm³/mol. The first-order chi connectivity index (χ1) is 16.5. The number of methoxy groups -OCH3 is 1. The number of ether oxygens (including phenoxy) is 1. The third kappa shape index (κ3) is 4.47. The van der Waals surface area contributed by atoms with Gasteiger partial charge in [0.2, 0.25) is 5.91 Å². The summed E-state index contributed by atoms with van der Waals surface area (Å²) in [5.74, 6) is 0.990. The maximum absolute atomic E-state index is 13.5. The second kappa shape index (κ2) is 9.27. The molecular formula is C30H34N2O2. The number of aryl methyl sites for hydroxylation is 2. The van der Waals surface area contributed by atoms with Gasteiger partial charge in [-0.3, -0.25) is 9.69 Å². The van der Waals surface area contributed by atoms with Crippen LogP contribution in [-0.2, 0) is 23.2 Å². The molecule has 0 saturated carbocycles. The van der Waals surface area contributed by atoms with Crippen molar-refractivity contribution in [1.82, 2.24) is 4.90 Å². The van der Waals surface area contributed by atoms with E-state index in [1.54, 1.807) is 7.11 Å². The molecule has 1 amide bonds. The van der Waals surface area contributed by atoms with E-state index in [-0.39, 0.29) is 11.3 Å². The number of fused-ring (bicyclic) bond motifs is 2. The highest BCUT2D eigenvalue weighted by atomic mass is 16.5. The van der Waals surface area contributed by atoms with Crippen LogP contribution in [0.5, 0.6) is 5.75 Å². The molecule has 0 radical (unpaired) electrons. The van der Waals surface area contributed by atoms with Crippen LogP contribution in [0.1, 0.15) is 40.7 Å². The van der Waals surface area contributed by atoms with Crippen molar-refractivity contribution >= 4 is 11.6 Å². The lowest BCUT2D eigenvalue weighted by Crippen LogP contribution is -2.46. The Balaban J connectivity index is 1.33. The van der Waals surface area contributed by atoms with Gasteiger partial charge in [-0.05, 0) is 74.7 Å². The summed E-state index contributed by atoms with van der Waals surface area (Å²) in [5.41, 5.74) is 7.52. The van der Waals surface area contributed by atoms with Gasteiger partial charge in [-0.2, -0.15) is 0 Å². The second-order valence-electron chi connectivity index (χ2n) is 10.1. The van der Waals surface area contributed by atoms with Gasteiger partial charge in [0.25, 0.3) is 0 Å². The van der Waals surface area contributed by atoms with Gasteiger partial charge in [-0.25, -0.2) is 0 Å². The number of carbonyl (C=O) groups is 1. The molecule has 0 aliphatic carbocycles. The number of anilines is 1. The van der Waals surface area contributed by atoms with Gasteiger partial charge in [-0.1, -0.05) is 59.7 Å². The van der Waals surface area contributed by atoms with E-state index < -0.39 is 0 Å². The number of rotatable bonds is 5. The summed E-state index contributed by atoms with van der Waals surface area (Å²) in [5, 5.41) is 0. The highest BCUT2D eigenvalue weighted by Crippen LogP contribution is 2.47. The first kappa shape index (κ1) is 22.7. The van der Waals surface area contributed by atoms with Crippen LogP contribution in [0, 0.1) is 13.8 Å². The van der Waals surface area contributed by atoms with E-state index in [2.05, 4.69) is 66.1 Å². The van der Waals surface area contributed by atoms with E-state index in [4.69, 9.17) is 4.74 Å². The Hall–Kier alpha value is -3.11. The fraction of sp³-hybridized carbons (Fsp3) is 0.367. The summed E-state index contributed by atoms with van der Waals surface area (Å²) in [6.45, 7) is 8.22. The number of hydrogen-bond acceptors (Lipinski definition) is 3. The monoisotopic (exact) mass is 454 g/mol. The Kier molecular flexibility index (Phi) is 6.18. The SMILES string of the molecule is COc1ccc(CC(=O)N2CC3(CCN(Cc4cccc(C)c4)CC3)c3cc(C)ccc32)cc1. The zero-order valence-electron chi connectivity index (χ0n) is 20.5. The van der Waals surface area contributed by atoms with Crippen molar-refractivity contribution < 1.29 is 9.53 Å². The van der Waals surface area contributed by atoms with Gasteiger partial charge >= 0.3 is 0 Å². The van der Waals surface area contributed by atoms with Crippen LogP contribution >= 0.6 is 0 Å². The molecule has 0 unspecified atom stereocenters. The topological polar surface area (TPSA) is 32.8 Å². The zero-order valence-corrected chi connectivity index (χ0v) is 20.5. The normalized spacial score (nSPS) is 17.1. The first-order valence-corrected chi connectivity index (χ1v) is 12.3. The summed E-state index contributed by atoms with van der Waals surface area (Å²) in [6, 6.07) is 23.3. The lowest BCUT2D eigenvalue weighted by molar-refractivity contribution is -0.118. The van der Waals surface area contributed by atoms with Crippen molar-refractivity contribution in [3.8, 4) is 5.75 Å². The third-order valence-corrected chi connectivity index (χ3v) is 7.59. The molecule has 4 nitrogen and oxygen atoms in total. The second-order valence-corrected chi connectivity index (χ2v) is 10.1. The van der Waals surface area contributed by atoms with Crippen LogP contribution in [0.4, 0.5) is 5.69 Å². The van der Waals surface area contributed by atoms with Gasteiger partial charge in [0.1, 0.15) is 5.75 Å². The van der Waals surface area contributed by atoms with Crippen molar-refractivity contribution in [2.45, 2.75) is 45.1 Å². The van der Waals surface area contributed by atoms with Crippen molar-refractivity contribution in [2.24, 2.45) is 0 Å². The van der Waals surface area contributed by atoms with Gasteiger partial charge < -0.3 is 9.64 Å². The smallest absolute Gasteiger partial charge is 0.231 e. The summed E-state index contributed by atoms with van der Waals surface area (Å²) in [7, 11) is 1.66. The number of likely N-dealkylation sites (tertiary alicyclic amines) is 1. The molecule has 1 saturated heterocycles. The van der Waals surface area contributed by atoms with Gasteiger partial charge in [0.05, 0.1) is 13.5 Å². The number of carbonyl (C=O) groups excluding carboxylic acids is 1. The van der Waals surface area contributed by atoms with E-state index >= 15 is 0 Å². The number of nitrogens with zero attached hydrogens (tertiary/aromatic N) is 2. The largest absolute Gasteiger partial charge is 0.497 e. The Morgan fingerprint density at radius 3 is 2.35 bits per heavy atom. The van der Waals surface area contributed by atoms with Gasteiger partial charge in [-0.15, -0.1) is 0 Å². The number of hydrogen-bond donors (Lipinski definition) is 0. The Morgan fingerprint density at radius 2 is 1.65 bits per heavy atom. The maximum atomic E-state index is 13.5. The first-order valence-electron chi connectivity index (χ1n) is 12.3. The van der Waals surface area contributed by atoms with Gasteiger partial charge in [0.15, 0.2) is 0 Å². The molecule has 4 heteroatoms. The molecule has 0 atom stereocenters. The van der Waals surface area contributed by atoms with Crippen LogP contribution in [-0.4, -0.2) is 37.6 Å². The minimum Gasteiger partial charge on any atom is -0.497 e. The molecule has 176 valence electrons. The summed E-state index contributed by atoms with van der Waals surface area (Å²) in [4.78, 5) is 18.1. The van der Waals surface area contributed by atoms with Crippen molar-refractivity contribution in [1.29, 1.82) is 0 Å². The summed E-state index contributed by atoms with van der Waals surface area (Å²) >= 11 is 0. The molecule has 34 heavy (non-hydrogen) atoms. The third-order valence-electron chi connectivity index (χ3n) is 7.59. The highest BCUT2D eigenvalue weighted by Gasteiger charge is 2.46. The fourth-order valence-electron chi connectivity index (χ4n) is 5.65. The molecule has 0 bridgehead atoms. The van der Waals surface area contributed by atoms with Crippen LogP contribution in [0.2, 0.25) is 0 Å². The molecular weight excluding hydrogens is 420 g/mol. The van der Waals surface area contributed by atoms with E-state index in [0.717, 1.165) is 56.0 Å². The molecule has 3 aromatic carbocycles. The Bertz CT molecular complexity index is 1180. The molecule has 1 spiro atoms. The number of piperidine rings is 1. The molecule has 2 aliphatic rings. The minimum atomic E-state index is 0.0556. The van der Waals surface area contributed by atoms with E-state index in [0.29, 0.717) is 6.42 Å². The lowest BCUT2D eigenvalue weighted by Gasteiger charge is -2.40.